The van der Waals surface area contributed by atoms with Crippen molar-refractivity contribution in [3.05, 3.63) is 23.4 Å². The molecule has 0 saturated carbocycles. The number of hydrogen-bond acceptors (Lipinski definition) is 4. The Labute approximate surface area is 104 Å². The van der Waals surface area contributed by atoms with Crippen LogP contribution >= 0.6 is 0 Å². The lowest BCUT2D eigenvalue weighted by Gasteiger charge is -2.29. The minimum absolute atomic E-state index is 0.250. The second kappa shape index (κ2) is 4.64. The summed E-state index contributed by atoms with van der Waals surface area (Å²) in [6, 6.07) is -0.575. The van der Waals surface area contributed by atoms with Gasteiger partial charge in [0.15, 0.2) is 0 Å². The van der Waals surface area contributed by atoms with Gasteiger partial charge in [0.05, 0.1) is 5.57 Å². The molecule has 0 aliphatic carbocycles. The van der Waals surface area contributed by atoms with Crippen molar-refractivity contribution in [2.45, 2.75) is 25.8 Å². The van der Waals surface area contributed by atoms with Gasteiger partial charge in [0.1, 0.15) is 6.04 Å². The molecule has 1 saturated heterocycles. The first-order valence-electron chi connectivity index (χ1n) is 5.81. The minimum atomic E-state index is -0.575. The first-order valence-corrected chi connectivity index (χ1v) is 5.81. The zero-order valence-corrected chi connectivity index (χ0v) is 10.1. The molecule has 2 aliphatic rings. The molecule has 3 amide bonds. The van der Waals surface area contributed by atoms with Crippen LogP contribution in [0.2, 0.25) is 0 Å². The van der Waals surface area contributed by atoms with Crippen LogP contribution in [0.4, 0.5) is 0 Å². The molecule has 1 unspecified atom stereocenters. The summed E-state index contributed by atoms with van der Waals surface area (Å²) in [5.41, 5.74) is 6.55. The lowest BCUT2D eigenvalue weighted by molar-refractivity contribution is -0.142. The lowest BCUT2D eigenvalue weighted by Crippen LogP contribution is -2.53. The van der Waals surface area contributed by atoms with Crippen LogP contribution in [0.15, 0.2) is 23.4 Å². The summed E-state index contributed by atoms with van der Waals surface area (Å²) in [7, 11) is 0. The quantitative estimate of drug-likeness (QED) is 0.640. The van der Waals surface area contributed by atoms with E-state index in [2.05, 4.69) is 5.32 Å². The highest BCUT2D eigenvalue weighted by molar-refractivity contribution is 6.05. The van der Waals surface area contributed by atoms with Gasteiger partial charge >= 0.3 is 0 Å². The SMILES string of the molecule is C/C=C(/N)C1=CCN(C2CCC(=O)NC2=O)C1=O. The van der Waals surface area contributed by atoms with Crippen LogP contribution in [-0.2, 0) is 14.4 Å². The Morgan fingerprint density at radius 1 is 1.50 bits per heavy atom. The fourth-order valence-corrected chi connectivity index (χ4v) is 2.16. The lowest BCUT2D eigenvalue weighted by atomic mass is 10.0. The molecule has 3 N–H and O–H groups in total. The fourth-order valence-electron chi connectivity index (χ4n) is 2.16. The number of rotatable bonds is 2. The normalized spacial score (nSPS) is 25.3. The Bertz CT molecular complexity index is 479. The van der Waals surface area contributed by atoms with Crippen molar-refractivity contribution in [3.63, 3.8) is 0 Å². The van der Waals surface area contributed by atoms with Gasteiger partial charge in [-0.1, -0.05) is 12.2 Å². The Kier molecular flexibility index (Phi) is 3.18. The monoisotopic (exact) mass is 249 g/mol. The maximum Gasteiger partial charge on any atom is 0.256 e. The van der Waals surface area contributed by atoms with Gasteiger partial charge < -0.3 is 10.6 Å². The summed E-state index contributed by atoms with van der Waals surface area (Å²) in [6.07, 6.45) is 3.99. The third kappa shape index (κ3) is 2.01. The van der Waals surface area contributed by atoms with Gasteiger partial charge in [0, 0.05) is 18.7 Å². The molecule has 96 valence electrons. The predicted molar refractivity (Wildman–Crippen MR) is 63.9 cm³/mol. The molecule has 0 spiro atoms. The molecule has 2 heterocycles. The molecule has 0 aromatic carbocycles. The number of nitrogens with one attached hydrogen (secondary N) is 1. The van der Waals surface area contributed by atoms with Gasteiger partial charge in [-0.3, -0.25) is 19.7 Å². The molecular formula is C12H15N3O3. The smallest absolute Gasteiger partial charge is 0.256 e. The van der Waals surface area contributed by atoms with Crippen molar-refractivity contribution in [2.75, 3.05) is 6.54 Å². The van der Waals surface area contributed by atoms with Crippen LogP contribution in [0.3, 0.4) is 0 Å². The zero-order chi connectivity index (χ0) is 13.3. The first kappa shape index (κ1) is 12.3. The number of carbonyl (C=O) groups excluding carboxylic acids is 3. The van der Waals surface area contributed by atoms with Crippen LogP contribution in [0.5, 0.6) is 0 Å². The molecule has 0 bridgehead atoms. The molecule has 6 nitrogen and oxygen atoms in total. The van der Waals surface area contributed by atoms with E-state index < -0.39 is 11.9 Å². The van der Waals surface area contributed by atoms with Crippen molar-refractivity contribution in [2.24, 2.45) is 5.73 Å². The Morgan fingerprint density at radius 2 is 2.22 bits per heavy atom. The molecule has 0 aromatic rings. The molecule has 0 aromatic heterocycles. The van der Waals surface area contributed by atoms with Crippen molar-refractivity contribution < 1.29 is 14.4 Å². The minimum Gasteiger partial charge on any atom is -0.398 e. The van der Waals surface area contributed by atoms with Gasteiger partial charge in [-0.2, -0.15) is 0 Å². The van der Waals surface area contributed by atoms with E-state index in [1.54, 1.807) is 19.1 Å². The van der Waals surface area contributed by atoms with E-state index in [4.69, 9.17) is 5.73 Å². The van der Waals surface area contributed by atoms with Gasteiger partial charge in [0.25, 0.3) is 5.91 Å². The average Bonchev–Trinajstić information content (AvgIpc) is 2.70. The van der Waals surface area contributed by atoms with Crippen LogP contribution < -0.4 is 11.1 Å². The van der Waals surface area contributed by atoms with Crippen LogP contribution in [0, 0.1) is 0 Å². The Hall–Kier alpha value is -2.11. The third-order valence-electron chi connectivity index (χ3n) is 3.19. The van der Waals surface area contributed by atoms with E-state index in [1.807, 2.05) is 0 Å². The molecule has 0 radical (unpaired) electrons. The second-order valence-corrected chi connectivity index (χ2v) is 4.29. The molecular weight excluding hydrogens is 234 g/mol. The third-order valence-corrected chi connectivity index (χ3v) is 3.19. The number of hydrogen-bond donors (Lipinski definition) is 2. The van der Waals surface area contributed by atoms with E-state index >= 15 is 0 Å². The highest BCUT2D eigenvalue weighted by atomic mass is 16.2. The number of nitrogens with two attached hydrogens (primary N) is 1. The fraction of sp³-hybridized carbons (Fsp3) is 0.417. The second-order valence-electron chi connectivity index (χ2n) is 4.29. The molecule has 2 rings (SSSR count). The van der Waals surface area contributed by atoms with Crippen molar-refractivity contribution >= 4 is 17.7 Å². The van der Waals surface area contributed by atoms with Gasteiger partial charge in [-0.25, -0.2) is 0 Å². The predicted octanol–water partition coefficient (Wildman–Crippen LogP) is -0.577. The zero-order valence-electron chi connectivity index (χ0n) is 10.1. The summed E-state index contributed by atoms with van der Waals surface area (Å²) in [5, 5.41) is 2.24. The molecule has 2 aliphatic heterocycles. The molecule has 1 atom stereocenters. The van der Waals surface area contributed by atoms with E-state index in [0.29, 0.717) is 24.2 Å². The van der Waals surface area contributed by atoms with Crippen LogP contribution in [0.25, 0.3) is 0 Å². The highest BCUT2D eigenvalue weighted by Crippen LogP contribution is 2.22. The van der Waals surface area contributed by atoms with Gasteiger partial charge in [-0.05, 0) is 13.3 Å². The summed E-state index contributed by atoms with van der Waals surface area (Å²) in [6.45, 7) is 2.10. The summed E-state index contributed by atoms with van der Waals surface area (Å²) in [5.74, 6) is -0.947. The highest BCUT2D eigenvalue weighted by Gasteiger charge is 2.37. The average molecular weight is 249 g/mol. The van der Waals surface area contributed by atoms with Crippen LogP contribution in [0.1, 0.15) is 19.8 Å². The number of nitrogens with zero attached hydrogens (tertiary/aromatic N) is 1. The van der Waals surface area contributed by atoms with Crippen molar-refractivity contribution in [1.82, 2.24) is 10.2 Å². The van der Waals surface area contributed by atoms with Crippen LogP contribution in [-0.4, -0.2) is 35.2 Å². The number of piperidine rings is 1. The number of carbonyl (C=O) groups is 3. The van der Waals surface area contributed by atoms with E-state index in [0.717, 1.165) is 0 Å². The summed E-state index contributed by atoms with van der Waals surface area (Å²) >= 11 is 0. The molecule has 6 heteroatoms. The van der Waals surface area contributed by atoms with Gasteiger partial charge in [-0.15, -0.1) is 0 Å². The maximum atomic E-state index is 12.1. The van der Waals surface area contributed by atoms with E-state index in [-0.39, 0.29) is 18.2 Å². The van der Waals surface area contributed by atoms with E-state index in [1.165, 1.54) is 4.90 Å². The first-order chi connectivity index (χ1) is 8.54. The number of imide groups is 1. The topological polar surface area (TPSA) is 92.5 Å². The Balaban J connectivity index is 2.12. The van der Waals surface area contributed by atoms with Gasteiger partial charge in [0.2, 0.25) is 11.8 Å². The number of amides is 3. The standard InChI is InChI=1S/C12H15N3O3/c1-2-8(13)7-5-6-15(12(7)18)9-3-4-10(16)14-11(9)17/h2,5,9H,3-4,6,13H2,1H3,(H,14,16,17)/b8-2+. The molecule has 1 fully saturated rings. The van der Waals surface area contributed by atoms with Crippen molar-refractivity contribution in [1.29, 1.82) is 0 Å². The largest absolute Gasteiger partial charge is 0.398 e. The van der Waals surface area contributed by atoms with E-state index in [9.17, 15) is 14.4 Å². The summed E-state index contributed by atoms with van der Waals surface area (Å²) < 4.78 is 0. The number of allylic oxidation sites excluding steroid dienone is 1. The Morgan fingerprint density at radius 3 is 2.83 bits per heavy atom. The summed E-state index contributed by atoms with van der Waals surface area (Å²) in [4.78, 5) is 36.3. The van der Waals surface area contributed by atoms with Crippen molar-refractivity contribution in [3.8, 4) is 0 Å². The molecule has 18 heavy (non-hydrogen) atoms. The maximum absolute atomic E-state index is 12.1.